The van der Waals surface area contributed by atoms with Crippen LogP contribution in [0.5, 0.6) is 0 Å². The molecular formula is C32H60NNa2O9P. The standard InChI is InChI=1S/C30H35O8P.C2H5NO.2Na.11H2/c1-3-5-7-9-11-13-15-17-18-20-22-24-29(31)36-26-28(27-37-39(33,34)35)38-30(32)25-23-21-19-16-14-12-10-8-6-4-2;1-2(3)4;;;;;;;;;;;;;/h28H,4,6,8,10,12,14,16,19,21,23,25-27H2,1-2H3,(H2,33,34,35);1H3,(H2,3,4);;;11*1H/q;;2*+1;;;;;;;;;;;/p-2/t28-;;;;;;;;;;;;;;/m1............../s1. The molecule has 0 rings (SSSR count). The molecule has 0 saturated carbocycles. The third kappa shape index (κ3) is 46.4. The Kier molecular flexibility index (Phi) is 40.2. The van der Waals surface area contributed by atoms with Crippen LogP contribution >= 0.6 is 7.82 Å². The van der Waals surface area contributed by atoms with Crippen molar-refractivity contribution in [3.05, 3.63) is 0 Å². The molecule has 0 bridgehead atoms. The zero-order chi connectivity index (χ0) is 32.6. The SMILES string of the molecule is CC#CC#CC#CC#CC#CC#CC(=O)OC[C@H](COP(=O)([O-])[O-])OC(=O)CCCCCCCCCCCC.CC(N)=O.[HH].[HH].[HH].[HH].[HH].[HH].[HH].[HH].[HH].[HH].[HH].[Na+].[Na+]. The third-order valence-corrected chi connectivity index (χ3v) is 5.17. The van der Waals surface area contributed by atoms with E-state index in [1.165, 1.54) is 45.4 Å². The van der Waals surface area contributed by atoms with Gasteiger partial charge in [0.1, 0.15) is 6.61 Å². The maximum Gasteiger partial charge on any atom is 1.00 e. The number of hydrogen-bond donors (Lipinski definition) is 1. The normalized spacial score (nSPS) is 9.18. The smallest absolute Gasteiger partial charge is 0.790 e. The van der Waals surface area contributed by atoms with E-state index in [1.54, 1.807) is 6.92 Å². The van der Waals surface area contributed by atoms with Gasteiger partial charge in [-0.25, -0.2) is 4.79 Å². The van der Waals surface area contributed by atoms with Crippen molar-refractivity contribution in [1.29, 1.82) is 0 Å². The molecule has 13 heteroatoms. The van der Waals surface area contributed by atoms with Crippen molar-refractivity contribution in [3.8, 4) is 71.0 Å². The van der Waals surface area contributed by atoms with Crippen LogP contribution in [0.15, 0.2) is 0 Å². The minimum atomic E-state index is -5.31. The number of phosphoric acid groups is 1. The van der Waals surface area contributed by atoms with E-state index in [9.17, 15) is 28.7 Å². The second kappa shape index (κ2) is 36.3. The zero-order valence-corrected chi connectivity index (χ0v) is 31.9. The van der Waals surface area contributed by atoms with Gasteiger partial charge in [-0.3, -0.25) is 9.59 Å². The van der Waals surface area contributed by atoms with Gasteiger partial charge in [-0.15, -0.1) is 0 Å². The monoisotopic (exact) mass is 679 g/mol. The number of primary amides is 1. The van der Waals surface area contributed by atoms with E-state index < -0.39 is 39.1 Å². The van der Waals surface area contributed by atoms with Crippen molar-refractivity contribution in [2.75, 3.05) is 13.2 Å². The summed E-state index contributed by atoms with van der Waals surface area (Å²) in [5.74, 6) is 26.7. The minimum Gasteiger partial charge on any atom is -0.790 e. The second-order valence-electron chi connectivity index (χ2n) is 8.62. The molecule has 254 valence electrons. The number of hydrogen-bond acceptors (Lipinski definition) is 9. The van der Waals surface area contributed by atoms with E-state index in [4.69, 9.17) is 9.47 Å². The van der Waals surface area contributed by atoms with Crippen LogP contribution in [0.1, 0.15) is 107 Å². The van der Waals surface area contributed by atoms with E-state index in [0.717, 1.165) is 19.3 Å². The number of ether oxygens (including phenoxy) is 2. The molecule has 0 aliphatic carbocycles. The fourth-order valence-corrected chi connectivity index (χ4v) is 3.24. The van der Waals surface area contributed by atoms with Gasteiger partial charge in [0.15, 0.2) is 6.10 Å². The van der Waals surface area contributed by atoms with Crippen LogP contribution in [0.2, 0.25) is 0 Å². The van der Waals surface area contributed by atoms with E-state index in [-0.39, 0.29) is 87.1 Å². The van der Waals surface area contributed by atoms with Crippen molar-refractivity contribution in [1.82, 2.24) is 0 Å². The molecule has 2 N–H and O–H groups in total. The van der Waals surface area contributed by atoms with Crippen LogP contribution in [0, 0.1) is 71.0 Å². The van der Waals surface area contributed by atoms with E-state index >= 15 is 0 Å². The van der Waals surface area contributed by atoms with Crippen molar-refractivity contribution < 1.29 is 118 Å². The number of rotatable bonds is 17. The Morgan fingerprint density at radius 1 is 0.756 bits per heavy atom. The summed E-state index contributed by atoms with van der Waals surface area (Å²) in [6.07, 6.45) is 9.80. The van der Waals surface area contributed by atoms with Crippen LogP contribution in [-0.4, -0.2) is 37.2 Å². The molecule has 1 amide bonds. The summed E-state index contributed by atoms with van der Waals surface area (Å²) in [4.78, 5) is 54.7. The second-order valence-corrected chi connectivity index (χ2v) is 9.77. The number of nitrogens with two attached hydrogens (primary N) is 1. The first-order chi connectivity index (χ1) is 20.5. The van der Waals surface area contributed by atoms with Gasteiger partial charge in [-0.1, -0.05) is 70.6 Å². The van der Waals surface area contributed by atoms with E-state index in [1.807, 2.05) is 0 Å². The van der Waals surface area contributed by atoms with Gasteiger partial charge in [-0.2, -0.15) is 0 Å². The van der Waals surface area contributed by atoms with Crippen LogP contribution in [0.25, 0.3) is 0 Å². The van der Waals surface area contributed by atoms with Crippen molar-refractivity contribution >= 4 is 25.7 Å². The Hall–Kier alpha value is -2.12. The molecule has 0 saturated heterocycles. The van der Waals surface area contributed by atoms with Crippen LogP contribution < -0.4 is 74.6 Å². The van der Waals surface area contributed by atoms with Gasteiger partial charge in [0.25, 0.3) is 0 Å². The number of amides is 1. The first kappa shape index (κ1) is 49.8. The molecule has 10 nitrogen and oxygen atoms in total. The van der Waals surface area contributed by atoms with Crippen LogP contribution in [0.4, 0.5) is 0 Å². The molecule has 0 aromatic rings. The molecule has 0 aliphatic rings. The average molecular weight is 680 g/mol. The number of carbonyl (C=O) groups excluding carboxylic acids is 3. The molecule has 0 heterocycles. The summed E-state index contributed by atoms with van der Waals surface area (Å²) >= 11 is 0. The largest absolute Gasteiger partial charge is 1.00 e. The summed E-state index contributed by atoms with van der Waals surface area (Å²) in [7, 11) is -5.31. The van der Waals surface area contributed by atoms with Gasteiger partial charge in [0.2, 0.25) is 5.91 Å². The minimum absolute atomic E-state index is 0. The Morgan fingerprint density at radius 3 is 1.62 bits per heavy atom. The average Bonchev–Trinajstić information content (AvgIpc) is 2.93. The number of unbranched alkanes of at least 4 members (excludes halogenated alkanes) is 9. The Bertz CT molecular complexity index is 1330. The van der Waals surface area contributed by atoms with Gasteiger partial charge in [-0.05, 0) is 72.5 Å². The molecule has 0 aliphatic heterocycles. The Morgan fingerprint density at radius 2 is 1.18 bits per heavy atom. The fourth-order valence-electron chi connectivity index (χ4n) is 2.89. The Labute approximate surface area is 329 Å². The quantitative estimate of drug-likeness (QED) is 0.0498. The molecule has 0 unspecified atom stereocenters. The maximum atomic E-state index is 12.1. The first-order valence-corrected chi connectivity index (χ1v) is 15.2. The number of phosphoric ester groups is 1. The van der Waals surface area contributed by atoms with Crippen LogP contribution in [-0.2, 0) is 32.9 Å². The summed E-state index contributed by atoms with van der Waals surface area (Å²) < 4.78 is 24.9. The third-order valence-electron chi connectivity index (χ3n) is 4.70. The number of carbonyl (C=O) groups is 3. The summed E-state index contributed by atoms with van der Waals surface area (Å²) in [6.45, 7) is 3.81. The summed E-state index contributed by atoms with van der Waals surface area (Å²) in [5.41, 5.74) is 4.47. The molecular weight excluding hydrogens is 619 g/mol. The molecule has 0 spiro atoms. The van der Waals surface area contributed by atoms with E-state index in [2.05, 4.69) is 88.2 Å². The topological polar surface area (TPSA) is 168 Å². The van der Waals surface area contributed by atoms with Gasteiger partial charge < -0.3 is 34.1 Å². The first-order valence-electron chi connectivity index (χ1n) is 13.7. The van der Waals surface area contributed by atoms with Crippen molar-refractivity contribution in [3.63, 3.8) is 0 Å². The molecule has 1 atom stereocenters. The molecule has 0 radical (unpaired) electrons. The van der Waals surface area contributed by atoms with E-state index in [0.29, 0.717) is 6.42 Å². The van der Waals surface area contributed by atoms with Gasteiger partial charge in [0.05, 0.1) is 14.4 Å². The molecule has 45 heavy (non-hydrogen) atoms. The predicted octanol–water partition coefficient (Wildman–Crippen LogP) is -1.16. The van der Waals surface area contributed by atoms with Crippen molar-refractivity contribution in [2.45, 2.75) is 97.5 Å². The van der Waals surface area contributed by atoms with Gasteiger partial charge >= 0.3 is 71.1 Å². The Balaban J connectivity index is -0.0000000723. The summed E-state index contributed by atoms with van der Waals surface area (Å²) in [6, 6.07) is 0. The molecule has 0 aromatic heterocycles. The van der Waals surface area contributed by atoms with Gasteiger partial charge in [0, 0.05) is 35.0 Å². The predicted molar refractivity (Wildman–Crippen MR) is 181 cm³/mol. The zero-order valence-electron chi connectivity index (χ0n) is 27.0. The van der Waals surface area contributed by atoms with Crippen LogP contribution in [0.3, 0.4) is 0 Å². The fraction of sp³-hybridized carbons (Fsp3) is 0.531. The molecule has 0 aromatic carbocycles. The number of esters is 2. The summed E-state index contributed by atoms with van der Waals surface area (Å²) in [5, 5.41) is 0. The van der Waals surface area contributed by atoms with Crippen molar-refractivity contribution in [2.24, 2.45) is 5.73 Å². The maximum absolute atomic E-state index is 12.1. The molecule has 0 fully saturated rings.